The minimum Gasteiger partial charge on any atom is -0.444 e. The summed E-state index contributed by atoms with van der Waals surface area (Å²) in [7, 11) is 0. The monoisotopic (exact) mass is 397 g/mol. The summed E-state index contributed by atoms with van der Waals surface area (Å²) in [5.74, 6) is -2.92. The van der Waals surface area contributed by atoms with Crippen molar-refractivity contribution >= 4 is 11.9 Å². The van der Waals surface area contributed by atoms with E-state index in [9.17, 15) is 18.4 Å². The number of ether oxygens (including phenoxy) is 1. The molecule has 6 nitrogen and oxygen atoms in total. The lowest BCUT2D eigenvalue weighted by atomic mass is 9.94. The van der Waals surface area contributed by atoms with Crippen LogP contribution in [0.5, 0.6) is 0 Å². The minimum absolute atomic E-state index is 0.000614. The smallest absolute Gasteiger partial charge is 0.410 e. The summed E-state index contributed by atoms with van der Waals surface area (Å²) in [5.41, 5.74) is 0.387. The fourth-order valence-electron chi connectivity index (χ4n) is 3.93. The van der Waals surface area contributed by atoms with E-state index in [4.69, 9.17) is 4.74 Å². The van der Waals surface area contributed by atoms with E-state index in [0.29, 0.717) is 50.0 Å². The molecule has 2 aliphatic heterocycles. The molecule has 0 saturated heterocycles. The zero-order valence-electron chi connectivity index (χ0n) is 17.1. The molecule has 0 bridgehead atoms. The van der Waals surface area contributed by atoms with E-state index in [1.54, 1.807) is 20.8 Å². The Hall–Kier alpha value is -1.99. The van der Waals surface area contributed by atoms with Gasteiger partial charge in [0.05, 0.1) is 12.2 Å². The zero-order valence-corrected chi connectivity index (χ0v) is 17.1. The second-order valence-corrected chi connectivity index (χ2v) is 8.96. The molecule has 1 aromatic rings. The quantitative estimate of drug-likeness (QED) is 0.772. The van der Waals surface area contributed by atoms with Gasteiger partial charge in [-0.15, -0.1) is 0 Å². The highest BCUT2D eigenvalue weighted by atomic mass is 19.3. The second kappa shape index (κ2) is 7.44. The maximum atomic E-state index is 15.0. The fraction of sp³-hybridized carbons (Fsp3) is 0.750. The molecule has 3 rings (SSSR count). The van der Waals surface area contributed by atoms with Crippen molar-refractivity contribution in [2.24, 2.45) is 5.92 Å². The molecule has 0 radical (unpaired) electrons. The van der Waals surface area contributed by atoms with Gasteiger partial charge in [-0.2, -0.15) is 13.9 Å². The van der Waals surface area contributed by atoms with Gasteiger partial charge in [-0.3, -0.25) is 4.68 Å². The molecule has 1 atom stereocenters. The third-order valence-corrected chi connectivity index (χ3v) is 5.30. The molecule has 1 unspecified atom stereocenters. The number of nitrogens with zero attached hydrogens (tertiary/aromatic N) is 3. The summed E-state index contributed by atoms with van der Waals surface area (Å²) >= 11 is 0. The third-order valence-electron chi connectivity index (χ3n) is 5.30. The van der Waals surface area contributed by atoms with Gasteiger partial charge in [-0.05, 0) is 46.5 Å². The highest BCUT2D eigenvalue weighted by Crippen LogP contribution is 2.42. The average molecular weight is 397 g/mol. The van der Waals surface area contributed by atoms with Gasteiger partial charge in [-0.25, -0.2) is 4.79 Å². The van der Waals surface area contributed by atoms with Gasteiger partial charge < -0.3 is 14.4 Å². The van der Waals surface area contributed by atoms with Crippen molar-refractivity contribution in [3.05, 3.63) is 17.0 Å². The van der Waals surface area contributed by atoms with Crippen molar-refractivity contribution in [3.8, 4) is 0 Å². The van der Waals surface area contributed by atoms with Crippen LogP contribution in [0.3, 0.4) is 0 Å². The van der Waals surface area contributed by atoms with Crippen molar-refractivity contribution < 1.29 is 23.1 Å². The lowest BCUT2D eigenvalue weighted by molar-refractivity contribution is -0.117. The number of amides is 1. The number of carbonyl (C=O) groups excluding carboxylic acids is 2. The molecule has 156 valence electrons. The molecule has 1 amide bonds. The fourth-order valence-corrected chi connectivity index (χ4v) is 3.93. The summed E-state index contributed by atoms with van der Waals surface area (Å²) < 4.78 is 36.8. The molecule has 0 N–H and O–H groups in total. The molecule has 0 spiro atoms. The van der Waals surface area contributed by atoms with Gasteiger partial charge in [0.15, 0.2) is 0 Å². The van der Waals surface area contributed by atoms with Crippen molar-refractivity contribution in [1.82, 2.24) is 14.7 Å². The summed E-state index contributed by atoms with van der Waals surface area (Å²) in [5, 5.41) is 4.47. The van der Waals surface area contributed by atoms with Crippen LogP contribution in [-0.4, -0.2) is 38.7 Å². The Morgan fingerprint density at radius 2 is 2.04 bits per heavy atom. The first-order valence-electron chi connectivity index (χ1n) is 9.90. The summed E-state index contributed by atoms with van der Waals surface area (Å²) in [6.07, 6.45) is 1.03. The van der Waals surface area contributed by atoms with Gasteiger partial charge in [0.25, 0.3) is 5.92 Å². The zero-order chi connectivity index (χ0) is 20.7. The lowest BCUT2D eigenvalue weighted by Crippen LogP contribution is -2.40. The number of fused-ring (bicyclic) bond motifs is 3. The number of carbonyl (C=O) groups is 2. The maximum absolute atomic E-state index is 15.0. The van der Waals surface area contributed by atoms with Gasteiger partial charge in [0.2, 0.25) is 0 Å². The van der Waals surface area contributed by atoms with E-state index in [1.807, 2.05) is 0 Å². The van der Waals surface area contributed by atoms with Crippen LogP contribution in [0.2, 0.25) is 0 Å². The average Bonchev–Trinajstić information content (AvgIpc) is 2.87. The molecule has 0 aromatic carbocycles. The highest BCUT2D eigenvalue weighted by Gasteiger charge is 2.44. The molecule has 2 aliphatic rings. The van der Waals surface area contributed by atoms with Crippen LogP contribution >= 0.6 is 0 Å². The Kier molecular flexibility index (Phi) is 5.51. The molecular weight excluding hydrogens is 368 g/mol. The van der Waals surface area contributed by atoms with E-state index in [0.717, 1.165) is 0 Å². The Morgan fingerprint density at radius 1 is 1.32 bits per heavy atom. The molecule has 28 heavy (non-hydrogen) atoms. The lowest BCUT2D eigenvalue weighted by Gasteiger charge is -2.30. The van der Waals surface area contributed by atoms with E-state index in [2.05, 4.69) is 5.10 Å². The first-order valence-corrected chi connectivity index (χ1v) is 9.90. The van der Waals surface area contributed by atoms with Crippen LogP contribution in [0, 0.1) is 5.92 Å². The van der Waals surface area contributed by atoms with E-state index in [-0.39, 0.29) is 30.4 Å². The number of halogens is 2. The maximum Gasteiger partial charge on any atom is 0.410 e. The minimum atomic E-state index is -3.00. The second-order valence-electron chi connectivity index (χ2n) is 8.96. The number of hydrogen-bond acceptors (Lipinski definition) is 4. The summed E-state index contributed by atoms with van der Waals surface area (Å²) in [4.78, 5) is 25.2. The van der Waals surface area contributed by atoms with Crippen LogP contribution in [0.4, 0.5) is 13.6 Å². The number of alkyl halides is 2. The third kappa shape index (κ3) is 4.52. The molecule has 0 saturated carbocycles. The number of rotatable bonds is 3. The molecule has 8 heteroatoms. The molecule has 1 aromatic heterocycles. The van der Waals surface area contributed by atoms with Crippen molar-refractivity contribution in [1.29, 1.82) is 0 Å². The van der Waals surface area contributed by atoms with Crippen LogP contribution in [0.15, 0.2) is 0 Å². The Bertz CT molecular complexity index is 767. The summed E-state index contributed by atoms with van der Waals surface area (Å²) in [6, 6.07) is 0. The van der Waals surface area contributed by atoms with Crippen molar-refractivity contribution in [2.45, 2.75) is 84.4 Å². The number of Topliss-reactive ketones (excluding diaryl/α,β-unsaturated/α-hetero) is 1. The molecule has 0 aliphatic carbocycles. The van der Waals surface area contributed by atoms with Gasteiger partial charge >= 0.3 is 6.09 Å². The largest absolute Gasteiger partial charge is 0.444 e. The first-order chi connectivity index (χ1) is 13.0. The molecule has 0 fully saturated rings. The van der Waals surface area contributed by atoms with Crippen molar-refractivity contribution in [3.63, 3.8) is 0 Å². The Balaban J connectivity index is 1.85. The normalized spacial score (nSPS) is 21.5. The van der Waals surface area contributed by atoms with Gasteiger partial charge in [0.1, 0.15) is 17.1 Å². The van der Waals surface area contributed by atoms with Gasteiger partial charge in [-0.1, -0.05) is 0 Å². The predicted molar refractivity (Wildman–Crippen MR) is 99.1 cm³/mol. The van der Waals surface area contributed by atoms with E-state index in [1.165, 1.54) is 16.5 Å². The van der Waals surface area contributed by atoms with Crippen LogP contribution in [0.1, 0.15) is 70.3 Å². The number of aromatic nitrogens is 2. The Morgan fingerprint density at radius 3 is 2.68 bits per heavy atom. The Labute approximate surface area is 164 Å². The van der Waals surface area contributed by atoms with Crippen LogP contribution in [0.25, 0.3) is 0 Å². The highest BCUT2D eigenvalue weighted by molar-refractivity contribution is 5.75. The summed E-state index contributed by atoms with van der Waals surface area (Å²) in [6.45, 7) is 7.74. The van der Waals surface area contributed by atoms with Crippen molar-refractivity contribution in [2.75, 3.05) is 6.54 Å². The standard InChI is InChI=1S/C20H29F2N3O3/c1-13(26)5-6-14-7-9-20(21,22)17-15-12-24(18(27)28-19(2,3)4)10-8-16(15)23-25(17)11-14/h14H,5-12H2,1-4H3. The predicted octanol–water partition coefficient (Wildman–Crippen LogP) is 4.05. The number of ketones is 1. The molecule has 3 heterocycles. The number of hydrogen-bond donors (Lipinski definition) is 0. The van der Waals surface area contributed by atoms with Gasteiger partial charge in [0, 0.05) is 37.9 Å². The molecular formula is C20H29F2N3O3. The SMILES string of the molecule is CC(=O)CCC1CCC(F)(F)c2c3c(nn2C1)CCN(C(=O)OC(C)(C)C)C3. The van der Waals surface area contributed by atoms with E-state index >= 15 is 0 Å². The first kappa shape index (κ1) is 20.7. The topological polar surface area (TPSA) is 64.4 Å². The van der Waals surface area contributed by atoms with Crippen LogP contribution < -0.4 is 0 Å². The van der Waals surface area contributed by atoms with E-state index < -0.39 is 17.6 Å². The van der Waals surface area contributed by atoms with Crippen LogP contribution in [-0.2, 0) is 35.0 Å².